The lowest BCUT2D eigenvalue weighted by molar-refractivity contribution is -0.140. The maximum Gasteiger partial charge on any atom is 0.419 e. The van der Waals surface area contributed by atoms with Crippen LogP contribution in [0.2, 0.25) is 5.02 Å². The maximum absolute atomic E-state index is 13.1. The van der Waals surface area contributed by atoms with Crippen molar-refractivity contribution in [2.75, 3.05) is 25.6 Å². The Bertz CT molecular complexity index is 906. The van der Waals surface area contributed by atoms with E-state index in [9.17, 15) is 22.8 Å². The molecule has 2 aromatic carbocycles. The number of ether oxygens (including phenoxy) is 2. The number of hydrogen-bond acceptors (Lipinski definition) is 4. The van der Waals surface area contributed by atoms with Gasteiger partial charge in [0.15, 0.2) is 6.10 Å². The van der Waals surface area contributed by atoms with E-state index in [1.54, 1.807) is 0 Å². The number of carbonyl (C=O) groups is 2. The van der Waals surface area contributed by atoms with Crippen LogP contribution in [0.3, 0.4) is 0 Å². The Morgan fingerprint density at radius 1 is 1.17 bits per heavy atom. The zero-order valence-electron chi connectivity index (χ0n) is 16.2. The first kappa shape index (κ1) is 23.5. The molecule has 0 aliphatic rings. The topological polar surface area (TPSA) is 76.7 Å². The molecule has 0 bridgehead atoms. The van der Waals surface area contributed by atoms with Crippen LogP contribution >= 0.6 is 11.6 Å². The lowest BCUT2D eigenvalue weighted by atomic mass is 10.1. The van der Waals surface area contributed by atoms with E-state index >= 15 is 0 Å². The highest BCUT2D eigenvalue weighted by atomic mass is 35.5. The van der Waals surface area contributed by atoms with Crippen molar-refractivity contribution in [2.24, 2.45) is 0 Å². The van der Waals surface area contributed by atoms with Gasteiger partial charge in [0, 0.05) is 19.2 Å². The second-order valence-electron chi connectivity index (χ2n) is 6.19. The fraction of sp³-hybridized carbons (Fsp3) is 0.300. The Balaban J connectivity index is 2.10. The van der Waals surface area contributed by atoms with Crippen LogP contribution in [0.1, 0.15) is 22.8 Å². The van der Waals surface area contributed by atoms with Crippen molar-refractivity contribution in [2.45, 2.75) is 19.2 Å². The summed E-state index contributed by atoms with van der Waals surface area (Å²) in [6.45, 7) is 1.93. The van der Waals surface area contributed by atoms with Crippen LogP contribution in [0.25, 0.3) is 0 Å². The first-order chi connectivity index (χ1) is 14.1. The van der Waals surface area contributed by atoms with Crippen LogP contribution in [0.4, 0.5) is 18.9 Å². The molecule has 6 nitrogen and oxygen atoms in total. The van der Waals surface area contributed by atoms with Gasteiger partial charge in [0.05, 0.1) is 22.9 Å². The summed E-state index contributed by atoms with van der Waals surface area (Å²) in [5.41, 5.74) is -0.625. The molecule has 0 fully saturated rings. The second-order valence-corrected chi connectivity index (χ2v) is 6.59. The number of alkyl halides is 3. The molecule has 0 aromatic heterocycles. The van der Waals surface area contributed by atoms with Gasteiger partial charge in [-0.2, -0.15) is 13.2 Å². The molecular formula is C20H20ClF3N2O4. The molecule has 0 spiro atoms. The quantitative estimate of drug-likeness (QED) is 0.600. The Kier molecular flexibility index (Phi) is 8.08. The van der Waals surface area contributed by atoms with Crippen molar-refractivity contribution in [3.05, 3.63) is 58.6 Å². The number of amides is 2. The zero-order chi connectivity index (χ0) is 22.3. The maximum atomic E-state index is 13.1. The third-order valence-corrected chi connectivity index (χ3v) is 4.27. The van der Waals surface area contributed by atoms with Gasteiger partial charge in [0.2, 0.25) is 0 Å². The summed E-state index contributed by atoms with van der Waals surface area (Å²) in [6, 6.07) is 8.85. The third-order valence-electron chi connectivity index (χ3n) is 3.94. The molecule has 162 valence electrons. The average Bonchev–Trinajstić information content (AvgIpc) is 2.69. The highest BCUT2D eigenvalue weighted by molar-refractivity contribution is 6.34. The smallest absolute Gasteiger partial charge is 0.419 e. The molecule has 30 heavy (non-hydrogen) atoms. The second kappa shape index (κ2) is 10.3. The number of para-hydroxylation sites is 1. The fourth-order valence-corrected chi connectivity index (χ4v) is 2.58. The molecule has 0 saturated carbocycles. The summed E-state index contributed by atoms with van der Waals surface area (Å²) in [5, 5.41) is 5.25. The minimum atomic E-state index is -4.62. The Labute approximate surface area is 176 Å². The van der Waals surface area contributed by atoms with E-state index in [0.717, 1.165) is 12.1 Å². The fourth-order valence-electron chi connectivity index (χ4n) is 2.41. The first-order valence-electron chi connectivity index (χ1n) is 8.84. The minimum absolute atomic E-state index is 0.126. The van der Waals surface area contributed by atoms with E-state index in [2.05, 4.69) is 10.6 Å². The van der Waals surface area contributed by atoms with Crippen molar-refractivity contribution >= 4 is 29.1 Å². The normalized spacial score (nSPS) is 12.2. The number of halogens is 4. The molecule has 1 unspecified atom stereocenters. The molecule has 10 heteroatoms. The first-order valence-corrected chi connectivity index (χ1v) is 9.21. The number of rotatable bonds is 8. The minimum Gasteiger partial charge on any atom is -0.480 e. The number of anilines is 1. The average molecular weight is 445 g/mol. The molecule has 1 atom stereocenters. The standard InChI is InChI=1S/C20H20ClF3N2O4/c1-12(30-17-6-4-3-5-14(17)20(22,23)24)18(27)26-16-11-13(7-8-15(16)21)19(28)25-9-10-29-2/h3-8,11-12H,9-10H2,1-2H3,(H,25,28)(H,26,27). The molecule has 2 N–H and O–H groups in total. The summed E-state index contributed by atoms with van der Waals surface area (Å²) in [6.07, 6.45) is -5.88. The molecule has 0 aliphatic heterocycles. The molecule has 0 radical (unpaired) electrons. The molecule has 0 saturated heterocycles. The molecule has 2 amide bonds. The van der Waals surface area contributed by atoms with E-state index in [1.165, 1.54) is 44.4 Å². The molecule has 0 aliphatic carbocycles. The largest absolute Gasteiger partial charge is 0.480 e. The number of methoxy groups -OCH3 is 1. The van der Waals surface area contributed by atoms with Gasteiger partial charge in [-0.15, -0.1) is 0 Å². The van der Waals surface area contributed by atoms with Crippen molar-refractivity contribution in [3.63, 3.8) is 0 Å². The Hall–Kier alpha value is -2.78. The lowest BCUT2D eigenvalue weighted by Gasteiger charge is -2.19. The number of nitrogens with one attached hydrogen (secondary N) is 2. The predicted molar refractivity (Wildman–Crippen MR) is 106 cm³/mol. The lowest BCUT2D eigenvalue weighted by Crippen LogP contribution is -2.31. The highest BCUT2D eigenvalue weighted by Crippen LogP contribution is 2.36. The van der Waals surface area contributed by atoms with Gasteiger partial charge in [0.1, 0.15) is 5.75 Å². The van der Waals surface area contributed by atoms with Crippen molar-refractivity contribution in [1.29, 1.82) is 0 Å². The monoisotopic (exact) mass is 444 g/mol. The van der Waals surface area contributed by atoms with Crippen LogP contribution in [0.15, 0.2) is 42.5 Å². The van der Waals surface area contributed by atoms with E-state index < -0.39 is 35.4 Å². The Morgan fingerprint density at radius 3 is 2.53 bits per heavy atom. The number of carbonyl (C=O) groups excluding carboxylic acids is 2. The van der Waals surface area contributed by atoms with Gasteiger partial charge in [-0.3, -0.25) is 9.59 Å². The van der Waals surface area contributed by atoms with Gasteiger partial charge in [-0.05, 0) is 37.3 Å². The van der Waals surface area contributed by atoms with E-state index in [1.807, 2.05) is 0 Å². The van der Waals surface area contributed by atoms with E-state index in [4.69, 9.17) is 21.1 Å². The van der Waals surface area contributed by atoms with Crippen LogP contribution in [-0.2, 0) is 15.7 Å². The van der Waals surface area contributed by atoms with Crippen molar-refractivity contribution in [3.8, 4) is 5.75 Å². The van der Waals surface area contributed by atoms with Crippen LogP contribution in [-0.4, -0.2) is 38.2 Å². The van der Waals surface area contributed by atoms with Gasteiger partial charge in [0.25, 0.3) is 11.8 Å². The summed E-state index contributed by atoms with van der Waals surface area (Å²) in [4.78, 5) is 24.6. The Morgan fingerprint density at radius 2 is 1.87 bits per heavy atom. The number of hydrogen-bond donors (Lipinski definition) is 2. The summed E-state index contributed by atoms with van der Waals surface area (Å²) >= 11 is 6.07. The van der Waals surface area contributed by atoms with Crippen molar-refractivity contribution < 1.29 is 32.2 Å². The molecular weight excluding hydrogens is 425 g/mol. The van der Waals surface area contributed by atoms with Gasteiger partial charge < -0.3 is 20.1 Å². The van der Waals surface area contributed by atoms with Crippen LogP contribution < -0.4 is 15.4 Å². The molecule has 0 heterocycles. The summed E-state index contributed by atoms with van der Waals surface area (Å²) in [7, 11) is 1.50. The third kappa shape index (κ3) is 6.36. The van der Waals surface area contributed by atoms with E-state index in [0.29, 0.717) is 13.2 Å². The molecule has 2 aromatic rings. The SMILES string of the molecule is COCCNC(=O)c1ccc(Cl)c(NC(=O)C(C)Oc2ccccc2C(F)(F)F)c1. The van der Waals surface area contributed by atoms with Crippen LogP contribution in [0, 0.1) is 0 Å². The van der Waals surface area contributed by atoms with E-state index in [-0.39, 0.29) is 16.3 Å². The summed E-state index contributed by atoms with van der Waals surface area (Å²) in [5.74, 6) is -1.60. The van der Waals surface area contributed by atoms with Gasteiger partial charge in [-0.1, -0.05) is 23.7 Å². The van der Waals surface area contributed by atoms with Crippen LogP contribution in [0.5, 0.6) is 5.75 Å². The van der Waals surface area contributed by atoms with Gasteiger partial charge in [-0.25, -0.2) is 0 Å². The zero-order valence-corrected chi connectivity index (χ0v) is 16.9. The highest BCUT2D eigenvalue weighted by Gasteiger charge is 2.34. The molecule has 2 rings (SSSR count). The number of benzene rings is 2. The predicted octanol–water partition coefficient (Wildman–Crippen LogP) is 4.14. The summed E-state index contributed by atoms with van der Waals surface area (Å²) < 4.78 is 49.3. The van der Waals surface area contributed by atoms with Crippen molar-refractivity contribution in [1.82, 2.24) is 5.32 Å². The van der Waals surface area contributed by atoms with Gasteiger partial charge >= 0.3 is 6.18 Å².